The number of morpholine rings is 1. The molecule has 3 aromatic rings. The Bertz CT molecular complexity index is 1050. The molecule has 4 rings (SSSR count). The number of hydrogen-bond acceptors (Lipinski definition) is 6. The number of anilines is 1. The van der Waals surface area contributed by atoms with E-state index in [-0.39, 0.29) is 12.5 Å². The lowest BCUT2D eigenvalue weighted by molar-refractivity contribution is -0.120. The zero-order valence-corrected chi connectivity index (χ0v) is 20.0. The minimum absolute atomic E-state index is 0.0478. The van der Waals surface area contributed by atoms with Crippen LogP contribution in [0.3, 0.4) is 0 Å². The van der Waals surface area contributed by atoms with Crippen LogP contribution in [0.1, 0.15) is 25.3 Å². The third-order valence-electron chi connectivity index (χ3n) is 5.54. The summed E-state index contributed by atoms with van der Waals surface area (Å²) in [5, 5.41) is 1.23. The highest BCUT2D eigenvalue weighted by molar-refractivity contribution is 7.22. The molecule has 0 saturated carbocycles. The first-order valence-corrected chi connectivity index (χ1v) is 12.1. The Hall–Kier alpha value is -2.19. The van der Waals surface area contributed by atoms with Crippen LogP contribution in [0.4, 0.5) is 5.13 Å². The van der Waals surface area contributed by atoms with Gasteiger partial charge in [0.2, 0.25) is 0 Å². The molecule has 0 aliphatic carbocycles. The molecule has 2 heterocycles. The van der Waals surface area contributed by atoms with Crippen LogP contribution >= 0.6 is 22.9 Å². The number of benzene rings is 2. The van der Waals surface area contributed by atoms with Gasteiger partial charge in [-0.05, 0) is 35.7 Å². The van der Waals surface area contributed by atoms with Gasteiger partial charge >= 0.3 is 0 Å². The molecule has 8 heteroatoms. The second kappa shape index (κ2) is 10.6. The van der Waals surface area contributed by atoms with E-state index in [0.717, 1.165) is 43.1 Å². The van der Waals surface area contributed by atoms with Crippen molar-refractivity contribution in [3.05, 3.63) is 53.1 Å². The van der Waals surface area contributed by atoms with E-state index in [9.17, 15) is 4.79 Å². The van der Waals surface area contributed by atoms with Gasteiger partial charge in [-0.3, -0.25) is 14.6 Å². The van der Waals surface area contributed by atoms with Crippen molar-refractivity contribution in [3.63, 3.8) is 0 Å². The van der Waals surface area contributed by atoms with Crippen molar-refractivity contribution < 1.29 is 14.3 Å². The van der Waals surface area contributed by atoms with Gasteiger partial charge in [-0.1, -0.05) is 55.0 Å². The Kier molecular flexibility index (Phi) is 7.63. The molecule has 0 atom stereocenters. The predicted octanol–water partition coefficient (Wildman–Crippen LogP) is 4.82. The fourth-order valence-electron chi connectivity index (χ4n) is 3.58. The fourth-order valence-corrected chi connectivity index (χ4v) is 4.89. The first-order chi connectivity index (χ1) is 15.5. The van der Waals surface area contributed by atoms with Gasteiger partial charge in [-0.2, -0.15) is 0 Å². The number of halogens is 1. The van der Waals surface area contributed by atoms with Gasteiger partial charge in [-0.25, -0.2) is 4.98 Å². The number of nitrogens with zero attached hydrogens (tertiary/aromatic N) is 3. The second-order valence-corrected chi connectivity index (χ2v) is 9.51. The minimum atomic E-state index is -0.124. The van der Waals surface area contributed by atoms with Crippen LogP contribution in [-0.4, -0.2) is 61.8 Å². The lowest BCUT2D eigenvalue weighted by atomic mass is 10.0. The van der Waals surface area contributed by atoms with Crippen molar-refractivity contribution in [2.24, 2.45) is 0 Å². The Morgan fingerprint density at radius 1 is 1.22 bits per heavy atom. The van der Waals surface area contributed by atoms with Crippen LogP contribution < -0.4 is 9.64 Å². The summed E-state index contributed by atoms with van der Waals surface area (Å²) in [4.78, 5) is 21.9. The van der Waals surface area contributed by atoms with Crippen molar-refractivity contribution >= 4 is 44.2 Å². The molecule has 0 radical (unpaired) electrons. The summed E-state index contributed by atoms with van der Waals surface area (Å²) in [5.41, 5.74) is 1.96. The Morgan fingerprint density at radius 3 is 2.66 bits per heavy atom. The summed E-state index contributed by atoms with van der Waals surface area (Å²) in [6, 6.07) is 13.6. The van der Waals surface area contributed by atoms with Crippen LogP contribution in [0.15, 0.2) is 42.5 Å². The number of para-hydroxylation sites is 1. The molecule has 1 saturated heterocycles. The molecule has 0 unspecified atom stereocenters. The minimum Gasteiger partial charge on any atom is -0.484 e. The highest BCUT2D eigenvalue weighted by Gasteiger charge is 2.22. The molecule has 1 aliphatic heterocycles. The normalized spacial score (nSPS) is 14.8. The van der Waals surface area contributed by atoms with Gasteiger partial charge in [0.25, 0.3) is 5.91 Å². The quantitative estimate of drug-likeness (QED) is 0.469. The topological polar surface area (TPSA) is 54.9 Å². The van der Waals surface area contributed by atoms with Crippen LogP contribution in [0.2, 0.25) is 5.02 Å². The number of hydrogen-bond donors (Lipinski definition) is 0. The molecular weight excluding hydrogens is 446 g/mol. The number of ether oxygens (including phenoxy) is 2. The first kappa shape index (κ1) is 23.0. The van der Waals surface area contributed by atoms with Crippen molar-refractivity contribution in [2.75, 3.05) is 50.9 Å². The standard InChI is InChI=1S/C24H28ClN3O3S/c1-17(2)18-6-8-19(9-7-18)31-16-22(29)28(11-10-27-12-14-30-15-13-27)24-26-23-20(25)4-3-5-21(23)32-24/h3-9,17H,10-16H2,1-2H3. The SMILES string of the molecule is CC(C)c1ccc(OCC(=O)N(CCN2CCOCC2)c2nc3c(Cl)cccc3s2)cc1. The van der Waals surface area contributed by atoms with E-state index in [0.29, 0.717) is 28.4 Å². The van der Waals surface area contributed by atoms with Crippen molar-refractivity contribution in [1.29, 1.82) is 0 Å². The molecule has 6 nitrogen and oxygen atoms in total. The Morgan fingerprint density at radius 2 is 1.97 bits per heavy atom. The highest BCUT2D eigenvalue weighted by Crippen LogP contribution is 2.33. The van der Waals surface area contributed by atoms with Crippen molar-refractivity contribution in [3.8, 4) is 5.75 Å². The summed E-state index contributed by atoms with van der Waals surface area (Å²) in [5.74, 6) is 1.01. The van der Waals surface area contributed by atoms with Crippen molar-refractivity contribution in [2.45, 2.75) is 19.8 Å². The maximum absolute atomic E-state index is 13.2. The number of fused-ring (bicyclic) bond motifs is 1. The third-order valence-corrected chi connectivity index (χ3v) is 6.89. The molecule has 32 heavy (non-hydrogen) atoms. The van der Waals surface area contributed by atoms with Gasteiger partial charge in [0.1, 0.15) is 11.3 Å². The molecule has 1 fully saturated rings. The lowest BCUT2D eigenvalue weighted by Gasteiger charge is -2.29. The Balaban J connectivity index is 1.49. The maximum Gasteiger partial charge on any atom is 0.266 e. The maximum atomic E-state index is 13.2. The summed E-state index contributed by atoms with van der Waals surface area (Å²) in [7, 11) is 0. The van der Waals surface area contributed by atoms with Gasteiger partial charge in [0.05, 0.1) is 22.9 Å². The number of aromatic nitrogens is 1. The number of amides is 1. The van der Waals surface area contributed by atoms with Crippen LogP contribution in [0.25, 0.3) is 10.2 Å². The van der Waals surface area contributed by atoms with Crippen LogP contribution in [0.5, 0.6) is 5.75 Å². The molecule has 0 bridgehead atoms. The number of carbonyl (C=O) groups is 1. The summed E-state index contributed by atoms with van der Waals surface area (Å²) in [6.45, 7) is 8.71. The molecule has 0 N–H and O–H groups in total. The summed E-state index contributed by atoms with van der Waals surface area (Å²) < 4.78 is 12.2. The molecular formula is C24H28ClN3O3S. The van der Waals surface area contributed by atoms with Crippen LogP contribution in [-0.2, 0) is 9.53 Å². The van der Waals surface area contributed by atoms with Gasteiger partial charge < -0.3 is 9.47 Å². The molecule has 170 valence electrons. The van der Waals surface area contributed by atoms with E-state index in [1.54, 1.807) is 4.90 Å². The zero-order valence-electron chi connectivity index (χ0n) is 18.4. The van der Waals surface area contributed by atoms with E-state index in [1.165, 1.54) is 16.9 Å². The van der Waals surface area contributed by atoms with E-state index in [4.69, 9.17) is 21.1 Å². The number of carbonyl (C=O) groups excluding carboxylic acids is 1. The third kappa shape index (κ3) is 5.59. The van der Waals surface area contributed by atoms with Gasteiger partial charge in [0, 0.05) is 26.2 Å². The number of thiazole rings is 1. The van der Waals surface area contributed by atoms with Crippen molar-refractivity contribution in [1.82, 2.24) is 9.88 Å². The van der Waals surface area contributed by atoms with Gasteiger partial charge in [-0.15, -0.1) is 0 Å². The summed E-state index contributed by atoms with van der Waals surface area (Å²) in [6.07, 6.45) is 0. The van der Waals surface area contributed by atoms with E-state index in [1.807, 2.05) is 42.5 Å². The average molecular weight is 474 g/mol. The largest absolute Gasteiger partial charge is 0.484 e. The lowest BCUT2D eigenvalue weighted by Crippen LogP contribution is -2.44. The molecule has 0 spiro atoms. The average Bonchev–Trinajstić information content (AvgIpc) is 3.24. The number of rotatable bonds is 8. The summed E-state index contributed by atoms with van der Waals surface area (Å²) >= 11 is 7.80. The molecule has 1 aliphatic rings. The fraction of sp³-hybridized carbons (Fsp3) is 0.417. The van der Waals surface area contributed by atoms with Crippen LogP contribution in [0, 0.1) is 0 Å². The zero-order chi connectivity index (χ0) is 22.5. The second-order valence-electron chi connectivity index (χ2n) is 8.09. The molecule has 1 aromatic heterocycles. The van der Waals surface area contributed by atoms with E-state index >= 15 is 0 Å². The predicted molar refractivity (Wildman–Crippen MR) is 130 cm³/mol. The van der Waals surface area contributed by atoms with E-state index in [2.05, 4.69) is 23.7 Å². The van der Waals surface area contributed by atoms with E-state index < -0.39 is 0 Å². The molecule has 1 amide bonds. The van der Waals surface area contributed by atoms with Gasteiger partial charge in [0.15, 0.2) is 11.7 Å². The first-order valence-electron chi connectivity index (χ1n) is 10.9. The smallest absolute Gasteiger partial charge is 0.266 e. The highest BCUT2D eigenvalue weighted by atomic mass is 35.5. The Labute approximate surface area is 197 Å². The molecule has 2 aromatic carbocycles. The monoisotopic (exact) mass is 473 g/mol.